The van der Waals surface area contributed by atoms with Gasteiger partial charge in [-0.05, 0) is 38.3 Å². The maximum absolute atomic E-state index is 12.4. The van der Waals surface area contributed by atoms with Crippen LogP contribution in [0.1, 0.15) is 30.8 Å². The predicted molar refractivity (Wildman–Crippen MR) is 104 cm³/mol. The highest BCUT2D eigenvalue weighted by molar-refractivity contribution is 7.91. The summed E-state index contributed by atoms with van der Waals surface area (Å²) >= 11 is 0. The minimum atomic E-state index is -2.89. The lowest BCUT2D eigenvalue weighted by Gasteiger charge is -2.36. The third-order valence-electron chi connectivity index (χ3n) is 4.84. The lowest BCUT2D eigenvalue weighted by atomic mass is 10.1. The zero-order valence-electron chi connectivity index (χ0n) is 15.9. The van der Waals surface area contributed by atoms with Crippen molar-refractivity contribution >= 4 is 21.7 Å². The Kier molecular flexibility index (Phi) is 6.08. The fourth-order valence-electron chi connectivity index (χ4n) is 3.40. The molecule has 9 heteroatoms. The quantitative estimate of drug-likeness (QED) is 0.598. The molecule has 1 amide bonds. The Labute approximate surface area is 160 Å². The molecule has 1 N–H and O–H groups in total. The van der Waals surface area contributed by atoms with Crippen LogP contribution in [0.3, 0.4) is 0 Å². The molecule has 2 aliphatic heterocycles. The molecular weight excluding hydrogens is 368 g/mol. The van der Waals surface area contributed by atoms with Crippen molar-refractivity contribution in [3.05, 3.63) is 24.2 Å². The number of hydrogen-bond donors (Lipinski definition) is 1. The van der Waals surface area contributed by atoms with Gasteiger partial charge in [-0.1, -0.05) is 0 Å². The number of rotatable bonds is 4. The number of sulfone groups is 1. The van der Waals surface area contributed by atoms with Crippen molar-refractivity contribution in [1.29, 1.82) is 0 Å². The number of guanidine groups is 1. The number of nitrogens with one attached hydrogen (secondary N) is 1. The van der Waals surface area contributed by atoms with Crippen LogP contribution < -0.4 is 5.32 Å². The second-order valence-electron chi connectivity index (χ2n) is 7.49. The van der Waals surface area contributed by atoms with E-state index < -0.39 is 9.84 Å². The molecule has 1 unspecified atom stereocenters. The van der Waals surface area contributed by atoms with Crippen molar-refractivity contribution in [2.24, 2.45) is 10.9 Å². The first-order chi connectivity index (χ1) is 12.8. The first kappa shape index (κ1) is 19.7. The molecule has 0 bridgehead atoms. The third kappa shape index (κ3) is 5.24. The lowest BCUT2D eigenvalue weighted by Crippen LogP contribution is -2.54. The Bertz CT molecular complexity index is 765. The molecular formula is C18H28N4O4S. The Morgan fingerprint density at radius 2 is 2.00 bits per heavy atom. The smallest absolute Gasteiger partial charge is 0.289 e. The van der Waals surface area contributed by atoms with Gasteiger partial charge in [-0.2, -0.15) is 0 Å². The molecule has 0 aromatic carbocycles. The van der Waals surface area contributed by atoms with Gasteiger partial charge in [0.05, 0.1) is 17.8 Å². The zero-order valence-corrected chi connectivity index (χ0v) is 16.7. The van der Waals surface area contributed by atoms with Crippen molar-refractivity contribution in [3.63, 3.8) is 0 Å². The molecule has 3 heterocycles. The van der Waals surface area contributed by atoms with Crippen LogP contribution in [0, 0.1) is 5.92 Å². The minimum absolute atomic E-state index is 0.0916. The third-order valence-corrected chi connectivity index (χ3v) is 6.68. The maximum atomic E-state index is 12.4. The standard InChI is InChI=1S/C18H28N4O4S/c1-14(2)20-18(19-12-15-5-11-27(24,25)13-15)22-8-6-21(7-9-22)17(23)16-4-3-10-26-16/h3-4,10,14-15H,5-9,11-13H2,1-2H3,(H,19,20). The molecule has 8 nitrogen and oxygen atoms in total. The van der Waals surface area contributed by atoms with Gasteiger partial charge in [0.15, 0.2) is 21.6 Å². The minimum Gasteiger partial charge on any atom is -0.459 e. The average molecular weight is 397 g/mol. The summed E-state index contributed by atoms with van der Waals surface area (Å²) in [4.78, 5) is 21.0. The molecule has 0 aliphatic carbocycles. The molecule has 0 spiro atoms. The number of carbonyl (C=O) groups excluding carboxylic acids is 1. The van der Waals surface area contributed by atoms with Gasteiger partial charge in [-0.15, -0.1) is 0 Å². The summed E-state index contributed by atoms with van der Waals surface area (Å²) in [6.45, 7) is 7.15. The first-order valence-electron chi connectivity index (χ1n) is 9.43. The van der Waals surface area contributed by atoms with Gasteiger partial charge in [0.2, 0.25) is 0 Å². The molecule has 3 rings (SSSR count). The van der Waals surface area contributed by atoms with Gasteiger partial charge in [0.25, 0.3) is 5.91 Å². The van der Waals surface area contributed by atoms with E-state index in [1.54, 1.807) is 17.0 Å². The number of hydrogen-bond acceptors (Lipinski definition) is 5. The summed E-state index contributed by atoms with van der Waals surface area (Å²) in [5.41, 5.74) is 0. The maximum Gasteiger partial charge on any atom is 0.289 e. The Hall–Kier alpha value is -2.03. The van der Waals surface area contributed by atoms with Gasteiger partial charge in [0, 0.05) is 38.8 Å². The summed E-state index contributed by atoms with van der Waals surface area (Å²) in [6, 6.07) is 3.61. The molecule has 2 aliphatic rings. The second-order valence-corrected chi connectivity index (χ2v) is 9.72. The van der Waals surface area contributed by atoms with Crippen LogP contribution in [0.2, 0.25) is 0 Å². The average Bonchev–Trinajstić information content (AvgIpc) is 3.27. The van der Waals surface area contributed by atoms with Crippen LogP contribution in [-0.4, -0.2) is 80.4 Å². The SMILES string of the molecule is CC(C)NC(=NCC1CCS(=O)(=O)C1)N1CCN(C(=O)c2ccco2)CC1. The molecule has 0 radical (unpaired) electrons. The predicted octanol–water partition coefficient (Wildman–Crippen LogP) is 0.826. The van der Waals surface area contributed by atoms with E-state index in [1.807, 2.05) is 13.8 Å². The van der Waals surface area contributed by atoms with E-state index in [0.29, 0.717) is 44.9 Å². The van der Waals surface area contributed by atoms with Crippen LogP contribution in [0.4, 0.5) is 0 Å². The number of amides is 1. The summed E-state index contributed by atoms with van der Waals surface area (Å²) in [6.07, 6.45) is 2.19. The van der Waals surface area contributed by atoms with E-state index in [4.69, 9.17) is 9.41 Å². The molecule has 1 aromatic rings. The van der Waals surface area contributed by atoms with Crippen LogP contribution in [0.5, 0.6) is 0 Å². The Morgan fingerprint density at radius 1 is 1.30 bits per heavy atom. The number of piperazine rings is 1. The van der Waals surface area contributed by atoms with Crippen molar-refractivity contribution in [3.8, 4) is 0 Å². The topological polar surface area (TPSA) is 95.2 Å². The van der Waals surface area contributed by atoms with Gasteiger partial charge in [-0.3, -0.25) is 9.79 Å². The zero-order chi connectivity index (χ0) is 19.4. The van der Waals surface area contributed by atoms with Crippen LogP contribution >= 0.6 is 0 Å². The molecule has 2 fully saturated rings. The second kappa shape index (κ2) is 8.33. The van der Waals surface area contributed by atoms with E-state index in [0.717, 1.165) is 5.96 Å². The lowest BCUT2D eigenvalue weighted by molar-refractivity contribution is 0.0657. The monoisotopic (exact) mass is 396 g/mol. The highest BCUT2D eigenvalue weighted by atomic mass is 32.2. The van der Waals surface area contributed by atoms with Gasteiger partial charge in [0.1, 0.15) is 0 Å². The molecule has 150 valence electrons. The van der Waals surface area contributed by atoms with Gasteiger partial charge < -0.3 is 19.5 Å². The fraction of sp³-hybridized carbons (Fsp3) is 0.667. The number of carbonyl (C=O) groups is 1. The van der Waals surface area contributed by atoms with Crippen LogP contribution in [0.15, 0.2) is 27.8 Å². The van der Waals surface area contributed by atoms with Crippen molar-refractivity contribution in [2.45, 2.75) is 26.3 Å². The highest BCUT2D eigenvalue weighted by Crippen LogP contribution is 2.19. The molecule has 27 heavy (non-hydrogen) atoms. The van der Waals surface area contributed by atoms with E-state index in [-0.39, 0.29) is 29.4 Å². The van der Waals surface area contributed by atoms with Gasteiger partial charge in [-0.25, -0.2) is 8.42 Å². The summed E-state index contributed by atoms with van der Waals surface area (Å²) in [5.74, 6) is 1.66. The Morgan fingerprint density at radius 3 is 2.56 bits per heavy atom. The van der Waals surface area contributed by atoms with E-state index in [2.05, 4.69) is 10.2 Å². The van der Waals surface area contributed by atoms with Crippen molar-refractivity contribution < 1.29 is 17.6 Å². The largest absolute Gasteiger partial charge is 0.459 e. The normalized spacial score (nSPS) is 23.1. The van der Waals surface area contributed by atoms with E-state index in [9.17, 15) is 13.2 Å². The highest BCUT2D eigenvalue weighted by Gasteiger charge is 2.29. The summed E-state index contributed by atoms with van der Waals surface area (Å²) in [7, 11) is -2.89. The Balaban J connectivity index is 1.59. The van der Waals surface area contributed by atoms with Crippen LogP contribution in [0.25, 0.3) is 0 Å². The number of furan rings is 1. The molecule has 2 saturated heterocycles. The molecule has 0 saturated carbocycles. The summed E-state index contributed by atoms with van der Waals surface area (Å²) < 4.78 is 28.5. The number of nitrogens with zero attached hydrogens (tertiary/aromatic N) is 3. The summed E-state index contributed by atoms with van der Waals surface area (Å²) in [5, 5.41) is 3.37. The molecule has 1 atom stereocenters. The fourth-order valence-corrected chi connectivity index (χ4v) is 5.25. The van der Waals surface area contributed by atoms with Crippen LogP contribution in [-0.2, 0) is 9.84 Å². The van der Waals surface area contributed by atoms with Gasteiger partial charge >= 0.3 is 0 Å². The van der Waals surface area contributed by atoms with Crippen molar-refractivity contribution in [2.75, 3.05) is 44.2 Å². The first-order valence-corrected chi connectivity index (χ1v) is 11.3. The molecule has 1 aromatic heterocycles. The van der Waals surface area contributed by atoms with E-state index in [1.165, 1.54) is 6.26 Å². The van der Waals surface area contributed by atoms with Crippen molar-refractivity contribution in [1.82, 2.24) is 15.1 Å². The van der Waals surface area contributed by atoms with E-state index >= 15 is 0 Å². The number of aliphatic imine (C=N–C) groups is 1.